The standard InChI is InChI=1S/C10H8N2OS/c11-10(13)8-6-5-7-3-1-2-4-9(7)14-12-8/h1-6H,(H2,11,13). The van der Waals surface area contributed by atoms with Crippen LogP contribution < -0.4 is 5.73 Å². The predicted molar refractivity (Wildman–Crippen MR) is 58.0 cm³/mol. The molecule has 1 heterocycles. The quantitative estimate of drug-likeness (QED) is 0.707. The first-order chi connectivity index (χ1) is 6.77. The number of fused-ring (bicyclic) bond motifs is 1. The third-order valence-corrected chi connectivity index (χ3v) is 2.69. The Labute approximate surface area is 85.9 Å². The largest absolute Gasteiger partial charge is 0.364 e. The van der Waals surface area contributed by atoms with Crippen molar-refractivity contribution in [2.75, 3.05) is 0 Å². The van der Waals surface area contributed by atoms with Crippen LogP contribution in [0.4, 0.5) is 0 Å². The number of hydrogen-bond acceptors (Lipinski definition) is 3. The smallest absolute Gasteiger partial charge is 0.268 e. The second kappa shape index (κ2) is 3.67. The van der Waals surface area contributed by atoms with E-state index in [1.54, 1.807) is 6.08 Å². The summed E-state index contributed by atoms with van der Waals surface area (Å²) in [5.74, 6) is -0.499. The molecule has 0 saturated carbocycles. The molecule has 1 aliphatic rings. The number of nitrogens with two attached hydrogens (primary N) is 1. The molecule has 0 fully saturated rings. The monoisotopic (exact) mass is 204 g/mol. The maximum Gasteiger partial charge on any atom is 0.268 e. The van der Waals surface area contributed by atoms with Gasteiger partial charge in [0.05, 0.1) is 0 Å². The molecule has 3 nitrogen and oxygen atoms in total. The number of carbonyl (C=O) groups is 1. The van der Waals surface area contributed by atoms with Crippen LogP contribution in [0, 0.1) is 0 Å². The first-order valence-electron chi connectivity index (χ1n) is 4.09. The third-order valence-electron chi connectivity index (χ3n) is 1.83. The number of carbonyl (C=O) groups excluding carboxylic acids is 1. The molecule has 1 aliphatic heterocycles. The van der Waals surface area contributed by atoms with Gasteiger partial charge in [-0.2, -0.15) is 0 Å². The minimum Gasteiger partial charge on any atom is -0.364 e. The van der Waals surface area contributed by atoms with Crippen molar-refractivity contribution < 1.29 is 4.79 Å². The molecule has 4 heteroatoms. The van der Waals surface area contributed by atoms with Gasteiger partial charge < -0.3 is 5.73 Å². The molecule has 0 aromatic heterocycles. The zero-order valence-electron chi connectivity index (χ0n) is 7.31. The third kappa shape index (κ3) is 1.70. The topological polar surface area (TPSA) is 55.5 Å². The van der Waals surface area contributed by atoms with Gasteiger partial charge in [-0.3, -0.25) is 4.79 Å². The summed E-state index contributed by atoms with van der Waals surface area (Å²) in [6, 6.07) is 7.81. The highest BCUT2D eigenvalue weighted by atomic mass is 32.2. The average Bonchev–Trinajstić information content (AvgIpc) is 2.39. The Morgan fingerprint density at radius 1 is 1.29 bits per heavy atom. The summed E-state index contributed by atoms with van der Waals surface area (Å²) in [4.78, 5) is 11.9. The fourth-order valence-corrected chi connectivity index (χ4v) is 1.85. The van der Waals surface area contributed by atoms with Crippen molar-refractivity contribution in [1.29, 1.82) is 0 Å². The van der Waals surface area contributed by atoms with Crippen molar-refractivity contribution in [2.45, 2.75) is 4.90 Å². The minimum absolute atomic E-state index is 0.297. The summed E-state index contributed by atoms with van der Waals surface area (Å²) >= 11 is 1.27. The summed E-state index contributed by atoms with van der Waals surface area (Å²) in [5, 5.41) is 0. The van der Waals surface area contributed by atoms with Crippen molar-refractivity contribution in [3.63, 3.8) is 0 Å². The van der Waals surface area contributed by atoms with E-state index in [4.69, 9.17) is 5.73 Å². The lowest BCUT2D eigenvalue weighted by molar-refractivity contribution is -0.111. The number of hydrogen-bond donors (Lipinski definition) is 1. The Balaban J connectivity index is 2.41. The Morgan fingerprint density at radius 3 is 2.86 bits per heavy atom. The Morgan fingerprint density at radius 2 is 2.07 bits per heavy atom. The van der Waals surface area contributed by atoms with Gasteiger partial charge in [0.2, 0.25) is 0 Å². The van der Waals surface area contributed by atoms with Crippen molar-refractivity contribution in [3.8, 4) is 0 Å². The van der Waals surface area contributed by atoms with E-state index in [1.807, 2.05) is 30.3 Å². The highest BCUT2D eigenvalue weighted by molar-refractivity contribution is 7.98. The molecule has 0 saturated heterocycles. The Hall–Kier alpha value is -1.55. The molecule has 1 aromatic rings. The van der Waals surface area contributed by atoms with Gasteiger partial charge >= 0.3 is 0 Å². The van der Waals surface area contributed by atoms with Crippen LogP contribution in [-0.2, 0) is 4.79 Å². The molecular formula is C10H8N2OS. The van der Waals surface area contributed by atoms with Gasteiger partial charge in [-0.05, 0) is 17.7 Å². The second-order valence-corrected chi connectivity index (χ2v) is 3.61. The van der Waals surface area contributed by atoms with E-state index in [9.17, 15) is 4.79 Å². The molecule has 0 spiro atoms. The number of rotatable bonds is 1. The molecule has 0 radical (unpaired) electrons. The average molecular weight is 204 g/mol. The van der Waals surface area contributed by atoms with Crippen LogP contribution in [0.25, 0.3) is 6.08 Å². The van der Waals surface area contributed by atoms with Gasteiger partial charge in [0.25, 0.3) is 5.91 Å². The maximum absolute atomic E-state index is 10.9. The molecule has 1 amide bonds. The molecule has 0 atom stereocenters. The Bertz CT molecular complexity index is 438. The maximum atomic E-state index is 10.9. The van der Waals surface area contributed by atoms with Crippen LogP contribution in [0.3, 0.4) is 0 Å². The molecule has 1 aromatic carbocycles. The Kier molecular flexibility index (Phi) is 2.37. The van der Waals surface area contributed by atoms with E-state index >= 15 is 0 Å². The van der Waals surface area contributed by atoms with Crippen LogP contribution in [0.2, 0.25) is 0 Å². The normalized spacial score (nSPS) is 14.1. The van der Waals surface area contributed by atoms with Crippen LogP contribution in [0.5, 0.6) is 0 Å². The molecule has 14 heavy (non-hydrogen) atoms. The van der Waals surface area contributed by atoms with Crippen molar-refractivity contribution in [3.05, 3.63) is 35.9 Å². The second-order valence-electron chi connectivity index (χ2n) is 2.80. The van der Waals surface area contributed by atoms with Crippen LogP contribution >= 0.6 is 11.9 Å². The molecule has 0 unspecified atom stereocenters. The van der Waals surface area contributed by atoms with E-state index < -0.39 is 5.91 Å². The minimum atomic E-state index is -0.499. The number of nitrogens with zero attached hydrogens (tertiary/aromatic N) is 1. The summed E-state index contributed by atoms with van der Waals surface area (Å²) < 4.78 is 4.04. The lowest BCUT2D eigenvalue weighted by Gasteiger charge is -1.97. The van der Waals surface area contributed by atoms with Crippen molar-refractivity contribution >= 4 is 29.6 Å². The van der Waals surface area contributed by atoms with Gasteiger partial charge in [-0.1, -0.05) is 24.3 Å². The predicted octanol–water partition coefficient (Wildman–Crippen LogP) is 1.65. The molecule has 2 N–H and O–H groups in total. The van der Waals surface area contributed by atoms with Crippen LogP contribution in [-0.4, -0.2) is 11.6 Å². The zero-order valence-corrected chi connectivity index (χ0v) is 8.12. The lowest BCUT2D eigenvalue weighted by Crippen LogP contribution is -2.20. The molecule has 0 aliphatic carbocycles. The van der Waals surface area contributed by atoms with E-state index in [2.05, 4.69) is 4.40 Å². The van der Waals surface area contributed by atoms with Gasteiger partial charge in [0, 0.05) is 16.8 Å². The highest BCUT2D eigenvalue weighted by Gasteiger charge is 2.08. The number of benzene rings is 1. The lowest BCUT2D eigenvalue weighted by atomic mass is 10.2. The molecule has 0 bridgehead atoms. The van der Waals surface area contributed by atoms with E-state index in [1.165, 1.54) is 11.9 Å². The van der Waals surface area contributed by atoms with Gasteiger partial charge in [0.15, 0.2) is 0 Å². The van der Waals surface area contributed by atoms with Crippen LogP contribution in [0.1, 0.15) is 5.56 Å². The van der Waals surface area contributed by atoms with E-state index in [0.717, 1.165) is 10.5 Å². The van der Waals surface area contributed by atoms with Crippen LogP contribution in [0.15, 0.2) is 39.6 Å². The summed E-state index contributed by atoms with van der Waals surface area (Å²) in [6.07, 6.45) is 3.49. The van der Waals surface area contributed by atoms with Gasteiger partial charge in [-0.25, -0.2) is 4.40 Å². The number of amides is 1. The van der Waals surface area contributed by atoms with Gasteiger partial charge in [0.1, 0.15) is 5.71 Å². The van der Waals surface area contributed by atoms with E-state index in [0.29, 0.717) is 5.71 Å². The number of primary amides is 1. The molecule has 2 rings (SSSR count). The fraction of sp³-hybridized carbons (Fsp3) is 0. The van der Waals surface area contributed by atoms with Crippen molar-refractivity contribution in [2.24, 2.45) is 10.1 Å². The molecule has 70 valence electrons. The summed E-state index contributed by atoms with van der Waals surface area (Å²) in [7, 11) is 0. The van der Waals surface area contributed by atoms with Gasteiger partial charge in [-0.15, -0.1) is 0 Å². The zero-order chi connectivity index (χ0) is 9.97. The summed E-state index contributed by atoms with van der Waals surface area (Å²) in [5.41, 5.74) is 6.49. The first kappa shape index (κ1) is 9.02. The highest BCUT2D eigenvalue weighted by Crippen LogP contribution is 2.26. The first-order valence-corrected chi connectivity index (χ1v) is 4.86. The fourth-order valence-electron chi connectivity index (χ4n) is 1.13. The molecular weight excluding hydrogens is 196 g/mol. The SMILES string of the molecule is NC(=O)C1=NSc2ccccc2C=C1. The van der Waals surface area contributed by atoms with E-state index in [-0.39, 0.29) is 0 Å². The van der Waals surface area contributed by atoms with Crippen molar-refractivity contribution in [1.82, 2.24) is 0 Å². The summed E-state index contributed by atoms with van der Waals surface area (Å²) in [6.45, 7) is 0.